The average molecular weight is 684 g/mol. The number of nitrogens with zero attached hydrogens (tertiary/aromatic N) is 3. The topological polar surface area (TPSA) is 118 Å². The van der Waals surface area contributed by atoms with Crippen molar-refractivity contribution in [1.82, 2.24) is 9.47 Å². The number of methoxy groups -OCH3 is 1. The van der Waals surface area contributed by atoms with Crippen LogP contribution in [0.5, 0.6) is 17.2 Å². The van der Waals surface area contributed by atoms with Gasteiger partial charge in [-0.3, -0.25) is 14.2 Å². The van der Waals surface area contributed by atoms with Crippen LogP contribution in [0.15, 0.2) is 88.2 Å². The number of morpholine rings is 1. The Bertz CT molecular complexity index is 2050. The Morgan fingerprint density at radius 3 is 2.49 bits per heavy atom. The number of ether oxygens (including phenoxy) is 5. The summed E-state index contributed by atoms with van der Waals surface area (Å²) in [5, 5.41) is 0. The summed E-state index contributed by atoms with van der Waals surface area (Å²) in [7, 11) is 1.57. The maximum absolute atomic E-state index is 14.3. The van der Waals surface area contributed by atoms with E-state index >= 15 is 0 Å². The first kappa shape index (κ1) is 33.7. The molecule has 0 aliphatic carbocycles. The third-order valence-electron chi connectivity index (χ3n) is 8.06. The summed E-state index contributed by atoms with van der Waals surface area (Å²) in [6.07, 6.45) is 1.76. The molecule has 1 aromatic heterocycles. The Morgan fingerprint density at radius 1 is 0.959 bits per heavy atom. The molecule has 3 aromatic carbocycles. The number of thiazole rings is 1. The van der Waals surface area contributed by atoms with Gasteiger partial charge in [-0.25, -0.2) is 9.79 Å². The second kappa shape index (κ2) is 15.3. The minimum Gasteiger partial charge on any atom is -0.497 e. The second-order valence-electron chi connectivity index (χ2n) is 11.1. The van der Waals surface area contributed by atoms with Crippen LogP contribution in [-0.2, 0) is 19.1 Å². The van der Waals surface area contributed by atoms with Crippen molar-refractivity contribution < 1.29 is 33.3 Å². The quantitative estimate of drug-likeness (QED) is 0.220. The normalized spacial score (nSPS) is 16.1. The largest absolute Gasteiger partial charge is 0.497 e. The predicted octanol–water partition coefficient (Wildman–Crippen LogP) is 3.58. The van der Waals surface area contributed by atoms with Crippen LogP contribution in [0.25, 0.3) is 11.8 Å². The molecular weight excluding hydrogens is 646 g/mol. The van der Waals surface area contributed by atoms with E-state index in [2.05, 4.69) is 0 Å². The van der Waals surface area contributed by atoms with Crippen LogP contribution in [0.1, 0.15) is 36.6 Å². The van der Waals surface area contributed by atoms with E-state index in [1.54, 1.807) is 53.8 Å². The second-order valence-corrected chi connectivity index (χ2v) is 12.1. The van der Waals surface area contributed by atoms with E-state index in [0.29, 0.717) is 76.3 Å². The van der Waals surface area contributed by atoms with Gasteiger partial charge in [0.15, 0.2) is 22.9 Å². The van der Waals surface area contributed by atoms with Crippen molar-refractivity contribution in [2.24, 2.45) is 4.99 Å². The van der Waals surface area contributed by atoms with Gasteiger partial charge in [0.1, 0.15) is 5.75 Å². The number of esters is 1. The summed E-state index contributed by atoms with van der Waals surface area (Å²) in [5.74, 6) is 0.768. The lowest BCUT2D eigenvalue weighted by Crippen LogP contribution is -2.43. The van der Waals surface area contributed by atoms with Gasteiger partial charge in [-0.1, -0.05) is 59.9 Å². The lowest BCUT2D eigenvalue weighted by molar-refractivity contribution is -0.139. The first-order chi connectivity index (χ1) is 23.9. The fourth-order valence-electron chi connectivity index (χ4n) is 5.76. The predicted molar refractivity (Wildman–Crippen MR) is 185 cm³/mol. The molecule has 0 spiro atoms. The van der Waals surface area contributed by atoms with Crippen molar-refractivity contribution >= 4 is 35.0 Å². The molecule has 11 nitrogen and oxygen atoms in total. The lowest BCUT2D eigenvalue weighted by Gasteiger charge is -2.26. The van der Waals surface area contributed by atoms with Gasteiger partial charge in [-0.15, -0.1) is 0 Å². The van der Waals surface area contributed by atoms with Crippen molar-refractivity contribution in [3.8, 4) is 17.2 Å². The number of carbonyl (C=O) groups excluding carboxylic acids is 2. The van der Waals surface area contributed by atoms with Crippen LogP contribution in [0, 0.1) is 0 Å². The number of benzene rings is 3. The van der Waals surface area contributed by atoms with Gasteiger partial charge in [0.2, 0.25) is 0 Å². The highest BCUT2D eigenvalue weighted by molar-refractivity contribution is 7.07. The molecule has 0 radical (unpaired) electrons. The molecule has 254 valence electrons. The van der Waals surface area contributed by atoms with E-state index in [1.807, 2.05) is 55.5 Å². The number of hydrogen-bond acceptors (Lipinski definition) is 10. The smallest absolute Gasteiger partial charge is 0.338 e. The average Bonchev–Trinajstić information content (AvgIpc) is 3.45. The van der Waals surface area contributed by atoms with E-state index in [1.165, 1.54) is 11.3 Å². The van der Waals surface area contributed by atoms with Crippen molar-refractivity contribution in [2.45, 2.75) is 19.9 Å². The van der Waals surface area contributed by atoms with Gasteiger partial charge < -0.3 is 28.6 Å². The Morgan fingerprint density at radius 2 is 1.76 bits per heavy atom. The van der Waals surface area contributed by atoms with Crippen molar-refractivity contribution in [2.75, 3.05) is 53.2 Å². The summed E-state index contributed by atoms with van der Waals surface area (Å²) in [6.45, 7) is 6.08. The highest BCUT2D eigenvalue weighted by Crippen LogP contribution is 2.36. The third-order valence-corrected chi connectivity index (χ3v) is 9.05. The number of hydrogen-bond donors (Lipinski definition) is 0. The molecule has 0 saturated carbocycles. The third kappa shape index (κ3) is 7.30. The zero-order chi connectivity index (χ0) is 34.3. The Balaban J connectivity index is 1.44. The fraction of sp³-hybridized carbons (Fsp3) is 0.297. The van der Waals surface area contributed by atoms with Gasteiger partial charge >= 0.3 is 5.97 Å². The van der Waals surface area contributed by atoms with Crippen LogP contribution in [0.4, 0.5) is 0 Å². The van der Waals surface area contributed by atoms with Gasteiger partial charge in [-0.2, -0.15) is 0 Å². The van der Waals surface area contributed by atoms with E-state index in [-0.39, 0.29) is 30.3 Å². The highest BCUT2D eigenvalue weighted by Gasteiger charge is 2.35. The van der Waals surface area contributed by atoms with Gasteiger partial charge in [0, 0.05) is 18.7 Å². The van der Waals surface area contributed by atoms with Gasteiger partial charge in [-0.05, 0) is 55.3 Å². The standard InChI is InChI=1S/C37H37N3O8S/c1-4-46-29-20-24(14-15-28(29)48-23-31(41)39-16-18-45-19-17-39)21-30-35(42)40-34(26-12-9-13-27(22-26)44-3)32(36(43)47-5-2)33(38-37(40)49-30)25-10-7-6-8-11-25/h6-15,20-22,34H,4-5,16-19,23H2,1-3H3/b30-21+/t34-/m1/s1. The molecule has 3 heterocycles. The highest BCUT2D eigenvalue weighted by atomic mass is 32.1. The van der Waals surface area contributed by atoms with Crippen molar-refractivity contribution in [3.63, 3.8) is 0 Å². The van der Waals surface area contributed by atoms with Gasteiger partial charge in [0.25, 0.3) is 11.5 Å². The number of carbonyl (C=O) groups is 2. The maximum Gasteiger partial charge on any atom is 0.338 e. The van der Waals surface area contributed by atoms with Crippen LogP contribution >= 0.6 is 11.3 Å². The molecule has 0 bridgehead atoms. The zero-order valence-electron chi connectivity index (χ0n) is 27.5. The maximum atomic E-state index is 14.3. The van der Waals surface area contributed by atoms with Crippen LogP contribution in [0.2, 0.25) is 0 Å². The van der Waals surface area contributed by atoms with E-state index in [0.717, 1.165) is 5.56 Å². The number of rotatable bonds is 11. The van der Waals surface area contributed by atoms with Crippen LogP contribution in [0.3, 0.4) is 0 Å². The Kier molecular flexibility index (Phi) is 10.6. The van der Waals surface area contributed by atoms with Crippen LogP contribution in [-0.4, -0.2) is 74.6 Å². The summed E-state index contributed by atoms with van der Waals surface area (Å²) < 4.78 is 30.1. The molecule has 2 aliphatic rings. The van der Waals surface area contributed by atoms with Crippen molar-refractivity contribution in [3.05, 3.63) is 115 Å². The lowest BCUT2D eigenvalue weighted by atomic mass is 9.93. The molecule has 12 heteroatoms. The molecule has 1 atom stereocenters. The molecule has 2 aliphatic heterocycles. The minimum absolute atomic E-state index is 0.126. The number of amides is 1. The van der Waals surface area contributed by atoms with Gasteiger partial charge in [0.05, 0.1) is 55.4 Å². The molecular formula is C37H37N3O8S. The number of fused-ring (bicyclic) bond motifs is 1. The van der Waals surface area contributed by atoms with Crippen molar-refractivity contribution in [1.29, 1.82) is 0 Å². The zero-order valence-corrected chi connectivity index (χ0v) is 28.4. The first-order valence-electron chi connectivity index (χ1n) is 16.1. The molecule has 1 amide bonds. The summed E-state index contributed by atoms with van der Waals surface area (Å²) >= 11 is 1.22. The van der Waals surface area contributed by atoms with E-state index in [4.69, 9.17) is 28.7 Å². The molecule has 1 fully saturated rings. The summed E-state index contributed by atoms with van der Waals surface area (Å²) in [6, 6.07) is 21.2. The molecule has 4 aromatic rings. The molecule has 0 N–H and O–H groups in total. The first-order valence-corrected chi connectivity index (χ1v) is 16.9. The number of aromatic nitrogens is 1. The van der Waals surface area contributed by atoms with E-state index < -0.39 is 12.0 Å². The molecule has 0 unspecified atom stereocenters. The minimum atomic E-state index is -0.832. The SMILES string of the molecule is CCOC(=O)C1=C(c2ccccc2)N=c2s/c(=C/c3ccc(OCC(=O)N4CCOCC4)c(OCC)c3)c(=O)n2[C@@H]1c1cccc(OC)c1. The summed E-state index contributed by atoms with van der Waals surface area (Å²) in [4.78, 5) is 47.7. The van der Waals surface area contributed by atoms with E-state index in [9.17, 15) is 14.4 Å². The monoisotopic (exact) mass is 683 g/mol. The Hall–Kier alpha value is -5.20. The molecule has 6 rings (SSSR count). The molecule has 1 saturated heterocycles. The van der Waals surface area contributed by atoms with Crippen LogP contribution < -0.4 is 29.1 Å². The molecule has 49 heavy (non-hydrogen) atoms. The fourth-order valence-corrected chi connectivity index (χ4v) is 6.77. The Labute approximate surface area is 287 Å². The summed E-state index contributed by atoms with van der Waals surface area (Å²) in [5.41, 5.74) is 2.45.